The molecule has 10 nitrogen and oxygen atoms in total. The monoisotopic (exact) mass is 571 g/mol. The van der Waals surface area contributed by atoms with Crippen LogP contribution < -0.4 is 0 Å². The quantitative estimate of drug-likeness (QED) is 0.454. The average Bonchev–Trinajstić information content (AvgIpc) is 3.32. The molecule has 6 aliphatic rings. The molecule has 1 aromatic rings. The molecule has 1 heterocycles. The Morgan fingerprint density at radius 1 is 1.07 bits per heavy atom. The zero-order valence-corrected chi connectivity index (χ0v) is 24.3. The molecular weight excluding hydrogens is 530 g/mol. The highest BCUT2D eigenvalue weighted by molar-refractivity contribution is 5.92. The molecule has 1 saturated heterocycles. The normalized spacial score (nSPS) is 51.1. The van der Waals surface area contributed by atoms with Crippen LogP contribution >= 0.6 is 0 Å². The Hall–Kier alpha value is -1.92. The third-order valence-electron chi connectivity index (χ3n) is 12.2. The number of aliphatic hydroxyl groups is 2. The van der Waals surface area contributed by atoms with Crippen molar-refractivity contribution >= 4 is 11.8 Å². The summed E-state index contributed by atoms with van der Waals surface area (Å²) in [6, 6.07) is 8.62. The second-order valence-electron chi connectivity index (χ2n) is 13.4. The first-order valence-electron chi connectivity index (χ1n) is 14.6. The number of carbonyl (C=O) groups is 2. The van der Waals surface area contributed by atoms with Gasteiger partial charge in [0.1, 0.15) is 17.8 Å². The molecule has 0 radical (unpaired) electrons. The highest BCUT2D eigenvalue weighted by Crippen LogP contribution is 2.78. The third-order valence-corrected chi connectivity index (χ3v) is 12.2. The molecule has 224 valence electrons. The van der Waals surface area contributed by atoms with Crippen LogP contribution in [0.5, 0.6) is 0 Å². The minimum atomic E-state index is -1.70. The lowest BCUT2D eigenvalue weighted by molar-refractivity contribution is -0.277. The highest BCUT2D eigenvalue weighted by atomic mass is 16.6. The minimum Gasteiger partial charge on any atom is -0.455 e. The van der Waals surface area contributed by atoms with Gasteiger partial charge in [0.15, 0.2) is 5.78 Å². The summed E-state index contributed by atoms with van der Waals surface area (Å²) in [6.07, 6.45) is -2.91. The van der Waals surface area contributed by atoms with Gasteiger partial charge in [0.2, 0.25) is 0 Å². The van der Waals surface area contributed by atoms with Crippen LogP contribution in [0.25, 0.3) is 0 Å². The van der Waals surface area contributed by atoms with E-state index in [1.165, 1.54) is 7.11 Å². The number of fused-ring (bicyclic) bond motifs is 2. The molecule has 7 rings (SSSR count). The van der Waals surface area contributed by atoms with Crippen molar-refractivity contribution in [2.45, 2.75) is 55.0 Å². The maximum atomic E-state index is 14.4. The molecule has 0 amide bonds. The Bertz CT molecular complexity index is 1230. The molecule has 10 heteroatoms. The number of rotatable bonds is 7. The van der Waals surface area contributed by atoms with Crippen molar-refractivity contribution in [2.75, 3.05) is 48.6 Å². The summed E-state index contributed by atoms with van der Waals surface area (Å²) < 4.78 is 30.5. The molecule has 0 aromatic heterocycles. The number of likely N-dealkylation sites (tertiary alicyclic amines) is 1. The van der Waals surface area contributed by atoms with Crippen LogP contribution in [0.3, 0.4) is 0 Å². The van der Waals surface area contributed by atoms with E-state index in [1.807, 2.05) is 6.07 Å². The van der Waals surface area contributed by atoms with Gasteiger partial charge in [-0.15, -0.1) is 0 Å². The summed E-state index contributed by atoms with van der Waals surface area (Å²) in [4.78, 5) is 30.1. The van der Waals surface area contributed by atoms with E-state index in [4.69, 9.17) is 23.7 Å². The summed E-state index contributed by atoms with van der Waals surface area (Å²) in [5, 5.41) is 24.2. The van der Waals surface area contributed by atoms with Gasteiger partial charge in [0.05, 0.1) is 30.5 Å². The minimum absolute atomic E-state index is 0.0986. The number of esters is 1. The highest BCUT2D eigenvalue weighted by Gasteiger charge is 2.87. The molecule has 1 aliphatic heterocycles. The lowest BCUT2D eigenvalue weighted by Crippen LogP contribution is -2.76. The third kappa shape index (κ3) is 3.12. The van der Waals surface area contributed by atoms with Crippen molar-refractivity contribution in [1.82, 2.24) is 4.90 Å². The Kier molecular flexibility index (Phi) is 6.32. The lowest BCUT2D eigenvalue weighted by Gasteiger charge is -2.68. The largest absolute Gasteiger partial charge is 0.455 e. The van der Waals surface area contributed by atoms with Crippen molar-refractivity contribution < 1.29 is 43.5 Å². The molecule has 1 spiro atoms. The summed E-state index contributed by atoms with van der Waals surface area (Å²) in [6.45, 7) is 0.919. The van der Waals surface area contributed by atoms with Crippen molar-refractivity contribution in [3.63, 3.8) is 0 Å². The zero-order valence-electron chi connectivity index (χ0n) is 24.3. The number of carbonyl (C=O) groups excluding carboxylic acids is 2. The van der Waals surface area contributed by atoms with Crippen LogP contribution in [0, 0.1) is 40.4 Å². The number of ketones is 1. The summed E-state index contributed by atoms with van der Waals surface area (Å²) >= 11 is 0. The number of Topliss-reactive ketones (excluding diaryl/α,β-unsaturated/α-hetero) is 1. The SMILES string of the molecule is COC[C@@]12CN(C)C3C4[C@H]5C(=O)[C@H](OC)[C@@]6(O)C[C@@H]([C@@H]5[C@H]6OC(=O)c5ccccc5)C3(C(OC)C[C@H]1O)[C@@H]2[C@H]4OC. The Balaban J connectivity index is 1.44. The predicted molar refractivity (Wildman–Crippen MR) is 144 cm³/mol. The van der Waals surface area contributed by atoms with Gasteiger partial charge in [0.25, 0.3) is 0 Å². The number of hydrogen-bond donors (Lipinski definition) is 2. The van der Waals surface area contributed by atoms with Gasteiger partial charge in [-0.05, 0) is 31.5 Å². The van der Waals surface area contributed by atoms with E-state index in [0.717, 1.165) is 0 Å². The van der Waals surface area contributed by atoms with Gasteiger partial charge in [-0.1, -0.05) is 18.2 Å². The lowest BCUT2D eigenvalue weighted by atomic mass is 9.43. The van der Waals surface area contributed by atoms with Crippen LogP contribution in [-0.4, -0.2) is 118 Å². The maximum Gasteiger partial charge on any atom is 0.338 e. The van der Waals surface area contributed by atoms with E-state index in [9.17, 15) is 19.8 Å². The van der Waals surface area contributed by atoms with Crippen LogP contribution in [0.15, 0.2) is 30.3 Å². The van der Waals surface area contributed by atoms with Gasteiger partial charge in [-0.3, -0.25) is 4.79 Å². The number of benzene rings is 1. The first-order valence-corrected chi connectivity index (χ1v) is 14.6. The van der Waals surface area contributed by atoms with E-state index < -0.39 is 52.5 Å². The molecule has 2 N–H and O–H groups in total. The maximum absolute atomic E-state index is 14.4. The Morgan fingerprint density at radius 3 is 2.44 bits per heavy atom. The number of methoxy groups -OCH3 is 4. The fourth-order valence-electron chi connectivity index (χ4n) is 11.6. The van der Waals surface area contributed by atoms with Crippen molar-refractivity contribution in [3.05, 3.63) is 35.9 Å². The molecule has 5 aliphatic carbocycles. The van der Waals surface area contributed by atoms with Gasteiger partial charge in [0, 0.05) is 81.9 Å². The smallest absolute Gasteiger partial charge is 0.338 e. The van der Waals surface area contributed by atoms with Crippen LogP contribution in [0.1, 0.15) is 23.2 Å². The number of piperidine rings is 1. The van der Waals surface area contributed by atoms with Crippen LogP contribution in [0.2, 0.25) is 0 Å². The number of ether oxygens (including phenoxy) is 5. The van der Waals surface area contributed by atoms with E-state index in [1.54, 1.807) is 45.6 Å². The molecule has 5 saturated carbocycles. The molecule has 6 fully saturated rings. The number of nitrogens with zero attached hydrogens (tertiary/aromatic N) is 1. The zero-order chi connectivity index (χ0) is 29.1. The van der Waals surface area contributed by atoms with E-state index >= 15 is 0 Å². The summed E-state index contributed by atoms with van der Waals surface area (Å²) in [7, 11) is 8.50. The molecule has 1 aromatic carbocycles. The van der Waals surface area contributed by atoms with E-state index in [0.29, 0.717) is 25.1 Å². The first kappa shape index (κ1) is 27.9. The fraction of sp³-hybridized carbons (Fsp3) is 0.742. The van der Waals surface area contributed by atoms with Crippen molar-refractivity contribution in [2.24, 2.45) is 40.4 Å². The molecular formula is C31H41NO9. The topological polar surface area (TPSA) is 124 Å². The van der Waals surface area contributed by atoms with Gasteiger partial charge in [-0.2, -0.15) is 0 Å². The van der Waals surface area contributed by atoms with Gasteiger partial charge >= 0.3 is 5.97 Å². The first-order chi connectivity index (χ1) is 19.7. The van der Waals surface area contributed by atoms with Crippen LogP contribution in [0.4, 0.5) is 0 Å². The van der Waals surface area contributed by atoms with Gasteiger partial charge < -0.3 is 38.8 Å². The number of aliphatic hydroxyl groups excluding tert-OH is 1. The van der Waals surface area contributed by atoms with Crippen molar-refractivity contribution in [1.29, 1.82) is 0 Å². The Morgan fingerprint density at radius 2 is 1.80 bits per heavy atom. The molecule has 7 bridgehead atoms. The van der Waals surface area contributed by atoms with E-state index in [2.05, 4.69) is 11.9 Å². The molecule has 4 unspecified atom stereocenters. The van der Waals surface area contributed by atoms with Gasteiger partial charge in [-0.25, -0.2) is 4.79 Å². The number of hydrogen-bond acceptors (Lipinski definition) is 10. The van der Waals surface area contributed by atoms with Crippen LogP contribution in [-0.2, 0) is 28.5 Å². The van der Waals surface area contributed by atoms with Crippen molar-refractivity contribution in [3.8, 4) is 0 Å². The fourth-order valence-corrected chi connectivity index (χ4v) is 11.6. The summed E-state index contributed by atoms with van der Waals surface area (Å²) in [5.74, 6) is -2.44. The predicted octanol–water partition coefficient (Wildman–Crippen LogP) is 0.781. The standard InChI is InChI=1S/C31H41NO9/c1-32-13-29(14-37-2)17(33)11-18(38-3)31-16-12-30(36)26(41-28(35)15-9-7-6-8-10-15)19(16)20(22(34)27(30)40-5)21(25(31)32)23(39-4)24(29)31/h6-10,16-21,23-27,33,36H,11-14H2,1-5H3/t16-,17+,18?,19-,20-,21?,23-,24+,25?,26+,27-,29-,30+,31?/m0/s1. The molecule has 14 atom stereocenters. The molecule has 41 heavy (non-hydrogen) atoms. The van der Waals surface area contributed by atoms with E-state index in [-0.39, 0.29) is 48.2 Å². The summed E-state index contributed by atoms with van der Waals surface area (Å²) in [5.41, 5.74) is -2.57. The average molecular weight is 572 g/mol. The second-order valence-corrected chi connectivity index (χ2v) is 13.4. The second kappa shape index (κ2) is 9.29. The Labute approximate surface area is 240 Å².